The van der Waals surface area contributed by atoms with Crippen LogP contribution < -0.4 is 0 Å². The predicted molar refractivity (Wildman–Crippen MR) is 92.9 cm³/mol. The van der Waals surface area contributed by atoms with Crippen molar-refractivity contribution >= 4 is 33.7 Å². The van der Waals surface area contributed by atoms with Crippen LogP contribution in [0.1, 0.15) is 33.6 Å². The lowest BCUT2D eigenvalue weighted by atomic mass is 9.96. The maximum Gasteiger partial charge on any atom is 0.310 e. The monoisotopic (exact) mass is 386 g/mol. The average molecular weight is 387 g/mol. The van der Waals surface area contributed by atoms with Crippen LogP contribution in [0.5, 0.6) is 0 Å². The van der Waals surface area contributed by atoms with Crippen LogP contribution in [0.15, 0.2) is 33.6 Å². The number of ether oxygens (including phenoxy) is 1. The second-order valence-electron chi connectivity index (χ2n) is 6.69. The first-order valence-electron chi connectivity index (χ1n) is 7.56. The van der Waals surface area contributed by atoms with E-state index in [-0.39, 0.29) is 29.7 Å². The molecular formula is C17H23BrO3S. The van der Waals surface area contributed by atoms with Crippen LogP contribution in [0.25, 0.3) is 0 Å². The van der Waals surface area contributed by atoms with Gasteiger partial charge >= 0.3 is 5.97 Å². The van der Waals surface area contributed by atoms with Crippen LogP contribution in [-0.4, -0.2) is 28.5 Å². The van der Waals surface area contributed by atoms with E-state index >= 15 is 0 Å². The van der Waals surface area contributed by atoms with E-state index in [2.05, 4.69) is 15.9 Å². The van der Waals surface area contributed by atoms with E-state index in [0.717, 1.165) is 22.2 Å². The molecule has 1 saturated carbocycles. The van der Waals surface area contributed by atoms with Gasteiger partial charge in [-0.05, 0) is 63.8 Å². The van der Waals surface area contributed by atoms with Gasteiger partial charge in [0.05, 0.1) is 5.92 Å². The number of aliphatic hydroxyl groups is 1. The number of hydrogen-bond acceptors (Lipinski definition) is 4. The molecule has 3 nitrogen and oxygen atoms in total. The third-order valence-corrected chi connectivity index (χ3v) is 5.65. The number of aliphatic hydroxyl groups excluding tert-OH is 1. The van der Waals surface area contributed by atoms with Crippen molar-refractivity contribution in [3.8, 4) is 0 Å². The fourth-order valence-electron chi connectivity index (χ4n) is 2.78. The molecule has 122 valence electrons. The molecule has 0 bridgehead atoms. The van der Waals surface area contributed by atoms with Gasteiger partial charge in [0.2, 0.25) is 0 Å². The predicted octanol–water partition coefficient (Wildman–Crippen LogP) is 4.27. The molecule has 0 heterocycles. The summed E-state index contributed by atoms with van der Waals surface area (Å²) >= 11 is 5.14. The van der Waals surface area contributed by atoms with Crippen LogP contribution in [0, 0.1) is 11.8 Å². The Balaban J connectivity index is 2.11. The van der Waals surface area contributed by atoms with Gasteiger partial charge in [-0.1, -0.05) is 15.9 Å². The van der Waals surface area contributed by atoms with Gasteiger partial charge in [0.1, 0.15) is 5.60 Å². The molecular weight excluding hydrogens is 364 g/mol. The Hall–Kier alpha value is -0.520. The summed E-state index contributed by atoms with van der Waals surface area (Å²) in [6.45, 7) is 5.68. The quantitative estimate of drug-likeness (QED) is 0.784. The molecule has 0 radical (unpaired) electrons. The first-order valence-corrected chi connectivity index (χ1v) is 9.23. The lowest BCUT2D eigenvalue weighted by Crippen LogP contribution is -2.35. The lowest BCUT2D eigenvalue weighted by Gasteiger charge is -2.27. The van der Waals surface area contributed by atoms with Crippen molar-refractivity contribution in [1.82, 2.24) is 0 Å². The van der Waals surface area contributed by atoms with Crippen molar-refractivity contribution < 1.29 is 14.6 Å². The van der Waals surface area contributed by atoms with Crippen molar-refractivity contribution in [2.24, 2.45) is 11.8 Å². The largest absolute Gasteiger partial charge is 0.460 e. The minimum Gasteiger partial charge on any atom is -0.460 e. The molecule has 1 N–H and O–H groups in total. The number of halogens is 1. The van der Waals surface area contributed by atoms with Crippen LogP contribution in [0.4, 0.5) is 0 Å². The minimum atomic E-state index is -0.494. The van der Waals surface area contributed by atoms with E-state index in [9.17, 15) is 9.90 Å². The zero-order chi connectivity index (χ0) is 16.3. The number of thioether (sulfide) groups is 1. The number of rotatable bonds is 4. The minimum absolute atomic E-state index is 0.00259. The van der Waals surface area contributed by atoms with Crippen LogP contribution in [0.2, 0.25) is 0 Å². The highest BCUT2D eigenvalue weighted by Crippen LogP contribution is 2.43. The number of benzene rings is 1. The maximum atomic E-state index is 12.5. The molecule has 1 aliphatic rings. The summed E-state index contributed by atoms with van der Waals surface area (Å²) in [5, 5.41) is 9.74. The molecule has 0 amide bonds. The summed E-state index contributed by atoms with van der Waals surface area (Å²) in [7, 11) is 0. The Morgan fingerprint density at radius 1 is 1.32 bits per heavy atom. The Morgan fingerprint density at radius 2 is 1.95 bits per heavy atom. The Morgan fingerprint density at radius 3 is 2.50 bits per heavy atom. The van der Waals surface area contributed by atoms with Gasteiger partial charge in [0.15, 0.2) is 0 Å². The van der Waals surface area contributed by atoms with Crippen molar-refractivity contribution in [3.63, 3.8) is 0 Å². The molecule has 0 saturated heterocycles. The average Bonchev–Trinajstić information content (AvgIpc) is 2.82. The van der Waals surface area contributed by atoms with E-state index in [1.54, 1.807) is 11.8 Å². The Kier molecular flexibility index (Phi) is 5.97. The molecule has 22 heavy (non-hydrogen) atoms. The van der Waals surface area contributed by atoms with Crippen molar-refractivity contribution in [1.29, 1.82) is 0 Å². The molecule has 5 heteroatoms. The molecule has 0 aliphatic heterocycles. The number of hydrogen-bond donors (Lipinski definition) is 1. The molecule has 1 aromatic carbocycles. The molecule has 2 rings (SSSR count). The smallest absolute Gasteiger partial charge is 0.310 e. The van der Waals surface area contributed by atoms with Crippen LogP contribution in [0.3, 0.4) is 0 Å². The first-order chi connectivity index (χ1) is 10.3. The van der Waals surface area contributed by atoms with E-state index in [0.29, 0.717) is 0 Å². The number of esters is 1. The lowest BCUT2D eigenvalue weighted by molar-refractivity contribution is -0.161. The zero-order valence-corrected chi connectivity index (χ0v) is 15.6. The highest BCUT2D eigenvalue weighted by Gasteiger charge is 2.43. The molecule has 0 spiro atoms. The van der Waals surface area contributed by atoms with E-state index in [1.807, 2.05) is 45.0 Å². The van der Waals surface area contributed by atoms with Gasteiger partial charge < -0.3 is 9.84 Å². The molecule has 0 aromatic heterocycles. The summed E-state index contributed by atoms with van der Waals surface area (Å²) in [5.41, 5.74) is -0.494. The third-order valence-electron chi connectivity index (χ3n) is 3.74. The van der Waals surface area contributed by atoms with E-state index < -0.39 is 5.60 Å². The summed E-state index contributed by atoms with van der Waals surface area (Å²) in [4.78, 5) is 13.7. The Labute approximate surface area is 144 Å². The maximum absolute atomic E-state index is 12.5. The van der Waals surface area contributed by atoms with Gasteiger partial charge in [0, 0.05) is 21.2 Å². The van der Waals surface area contributed by atoms with Gasteiger partial charge in [0.25, 0.3) is 0 Å². The van der Waals surface area contributed by atoms with Crippen LogP contribution in [-0.2, 0) is 9.53 Å². The molecule has 1 aliphatic carbocycles. The van der Waals surface area contributed by atoms with Gasteiger partial charge in [-0.3, -0.25) is 4.79 Å². The summed E-state index contributed by atoms with van der Waals surface area (Å²) in [5.74, 6) is -0.417. The Bertz CT molecular complexity index is 510. The molecule has 3 unspecified atom stereocenters. The van der Waals surface area contributed by atoms with Crippen molar-refractivity contribution in [2.75, 3.05) is 6.61 Å². The second kappa shape index (κ2) is 7.37. The second-order valence-corrected chi connectivity index (χ2v) is 8.92. The van der Waals surface area contributed by atoms with Gasteiger partial charge in [-0.15, -0.1) is 11.8 Å². The van der Waals surface area contributed by atoms with Crippen molar-refractivity contribution in [3.05, 3.63) is 28.7 Å². The number of carbonyl (C=O) groups excluding carboxylic acids is 1. The SMILES string of the molecule is CC(C)(C)OC(=O)C1C(CO)CCC1Sc1ccc(Br)cc1. The van der Waals surface area contributed by atoms with Crippen LogP contribution >= 0.6 is 27.7 Å². The van der Waals surface area contributed by atoms with Gasteiger partial charge in [-0.25, -0.2) is 0 Å². The summed E-state index contributed by atoms with van der Waals surface area (Å²) in [6.07, 6.45) is 1.80. The normalized spacial score (nSPS) is 25.2. The van der Waals surface area contributed by atoms with Crippen molar-refractivity contribution in [2.45, 2.75) is 49.4 Å². The van der Waals surface area contributed by atoms with Gasteiger partial charge in [-0.2, -0.15) is 0 Å². The molecule has 1 fully saturated rings. The zero-order valence-electron chi connectivity index (χ0n) is 13.2. The summed E-state index contributed by atoms with van der Waals surface area (Å²) < 4.78 is 6.61. The van der Waals surface area contributed by atoms with E-state index in [1.165, 1.54) is 0 Å². The highest BCUT2D eigenvalue weighted by molar-refractivity contribution is 9.10. The third kappa shape index (κ3) is 4.74. The standard InChI is InChI=1S/C17H23BrO3S/c1-17(2,3)21-16(20)15-11(10-19)4-9-14(15)22-13-7-5-12(18)6-8-13/h5-8,11,14-15,19H,4,9-10H2,1-3H3. The topological polar surface area (TPSA) is 46.5 Å². The fourth-order valence-corrected chi connectivity index (χ4v) is 4.42. The highest BCUT2D eigenvalue weighted by atomic mass is 79.9. The molecule has 3 atom stereocenters. The van der Waals surface area contributed by atoms with E-state index in [4.69, 9.17) is 4.74 Å². The molecule has 1 aromatic rings. The summed E-state index contributed by atoms with van der Waals surface area (Å²) in [6, 6.07) is 8.10. The fraction of sp³-hybridized carbons (Fsp3) is 0.588. The first kappa shape index (κ1) is 17.8. The number of carbonyl (C=O) groups is 1.